The summed E-state index contributed by atoms with van der Waals surface area (Å²) in [5, 5.41) is 19.0. The highest BCUT2D eigenvalue weighted by molar-refractivity contribution is 7.98. The van der Waals surface area contributed by atoms with E-state index >= 15 is 0 Å². The zero-order chi connectivity index (χ0) is 10.4. The van der Waals surface area contributed by atoms with Gasteiger partial charge in [0.05, 0.1) is 18.8 Å². The molecule has 0 radical (unpaired) electrons. The van der Waals surface area contributed by atoms with Gasteiger partial charge in [0.15, 0.2) is 0 Å². The van der Waals surface area contributed by atoms with Crippen LogP contribution in [0.15, 0.2) is 0 Å². The summed E-state index contributed by atoms with van der Waals surface area (Å²) in [6, 6.07) is 2.22. The summed E-state index contributed by atoms with van der Waals surface area (Å²) in [7, 11) is 0. The van der Waals surface area contributed by atoms with Crippen LogP contribution in [0.5, 0.6) is 0 Å². The molecule has 1 aliphatic rings. The van der Waals surface area contributed by atoms with Gasteiger partial charge in [0, 0.05) is 6.61 Å². The number of rotatable bonds is 5. The number of nitriles is 1. The summed E-state index contributed by atoms with van der Waals surface area (Å²) >= 11 is 1.77. The normalized spacial score (nSPS) is 28.6. The van der Waals surface area contributed by atoms with E-state index in [0.717, 1.165) is 12.2 Å². The second kappa shape index (κ2) is 5.59. The number of aliphatic hydroxyl groups excluding tert-OH is 1. The van der Waals surface area contributed by atoms with Crippen molar-refractivity contribution in [3.8, 4) is 6.07 Å². The molecule has 80 valence electrons. The lowest BCUT2D eigenvalue weighted by Gasteiger charge is -2.25. The number of hydrogen-bond acceptors (Lipinski definition) is 4. The van der Waals surface area contributed by atoms with Gasteiger partial charge in [0.2, 0.25) is 0 Å². The summed E-state index contributed by atoms with van der Waals surface area (Å²) in [4.78, 5) is 0. The van der Waals surface area contributed by atoms with Crippen LogP contribution in [-0.2, 0) is 4.74 Å². The SMILES string of the molecule is CSCCCC(O)C1(C#N)CCOC1. The van der Waals surface area contributed by atoms with Crippen LogP contribution in [0, 0.1) is 16.7 Å². The molecule has 2 atom stereocenters. The van der Waals surface area contributed by atoms with E-state index in [0.29, 0.717) is 26.1 Å². The molecule has 1 N–H and O–H groups in total. The maximum absolute atomic E-state index is 9.91. The van der Waals surface area contributed by atoms with Gasteiger partial charge in [0.1, 0.15) is 5.41 Å². The molecule has 14 heavy (non-hydrogen) atoms. The van der Waals surface area contributed by atoms with Crippen LogP contribution in [0.3, 0.4) is 0 Å². The fourth-order valence-corrected chi connectivity index (χ4v) is 2.16. The maximum Gasteiger partial charge on any atom is 0.109 e. The van der Waals surface area contributed by atoms with Crippen molar-refractivity contribution in [2.45, 2.75) is 25.4 Å². The Bertz CT molecular complexity index is 209. The molecule has 1 heterocycles. The van der Waals surface area contributed by atoms with Gasteiger partial charge in [-0.15, -0.1) is 0 Å². The van der Waals surface area contributed by atoms with Crippen LogP contribution in [0.4, 0.5) is 0 Å². The summed E-state index contributed by atoms with van der Waals surface area (Å²) in [6.45, 7) is 0.997. The molecular formula is C10H17NO2S. The van der Waals surface area contributed by atoms with Crippen LogP contribution in [0.2, 0.25) is 0 Å². The van der Waals surface area contributed by atoms with Crippen molar-refractivity contribution in [1.29, 1.82) is 5.26 Å². The lowest BCUT2D eigenvalue weighted by molar-refractivity contribution is 0.0447. The Hall–Kier alpha value is -0.240. The van der Waals surface area contributed by atoms with E-state index in [2.05, 4.69) is 6.07 Å². The van der Waals surface area contributed by atoms with Crippen molar-refractivity contribution in [3.63, 3.8) is 0 Å². The molecular weight excluding hydrogens is 198 g/mol. The molecule has 1 aliphatic heterocycles. The largest absolute Gasteiger partial charge is 0.391 e. The van der Waals surface area contributed by atoms with Crippen molar-refractivity contribution >= 4 is 11.8 Å². The number of thioether (sulfide) groups is 1. The minimum Gasteiger partial charge on any atom is -0.391 e. The Morgan fingerprint density at radius 3 is 3.00 bits per heavy atom. The highest BCUT2D eigenvalue weighted by Gasteiger charge is 2.41. The first kappa shape index (κ1) is 11.8. The zero-order valence-electron chi connectivity index (χ0n) is 8.53. The molecule has 3 nitrogen and oxygen atoms in total. The predicted molar refractivity (Wildman–Crippen MR) is 57.1 cm³/mol. The molecule has 0 aromatic carbocycles. The van der Waals surface area contributed by atoms with Gasteiger partial charge in [-0.1, -0.05) is 0 Å². The quantitative estimate of drug-likeness (QED) is 0.705. The van der Waals surface area contributed by atoms with E-state index in [1.165, 1.54) is 0 Å². The molecule has 0 amide bonds. The monoisotopic (exact) mass is 215 g/mol. The van der Waals surface area contributed by atoms with E-state index in [9.17, 15) is 5.11 Å². The Kier molecular flexibility index (Phi) is 4.73. The van der Waals surface area contributed by atoms with Gasteiger partial charge in [-0.2, -0.15) is 17.0 Å². The first-order chi connectivity index (χ1) is 6.75. The summed E-state index contributed by atoms with van der Waals surface area (Å²) in [5.41, 5.74) is -0.627. The molecule has 0 spiro atoms. The van der Waals surface area contributed by atoms with E-state index in [-0.39, 0.29) is 0 Å². The van der Waals surface area contributed by atoms with Gasteiger partial charge in [-0.3, -0.25) is 0 Å². The topological polar surface area (TPSA) is 53.2 Å². The number of nitrogens with zero attached hydrogens (tertiary/aromatic N) is 1. The van der Waals surface area contributed by atoms with Crippen molar-refractivity contribution < 1.29 is 9.84 Å². The average molecular weight is 215 g/mol. The molecule has 0 aliphatic carbocycles. The van der Waals surface area contributed by atoms with E-state index < -0.39 is 11.5 Å². The standard InChI is InChI=1S/C10H17NO2S/c1-14-6-2-3-9(12)10(7-11)4-5-13-8-10/h9,12H,2-6,8H2,1H3. The Labute approximate surface area is 89.4 Å². The fraction of sp³-hybridized carbons (Fsp3) is 0.900. The molecule has 0 bridgehead atoms. The van der Waals surface area contributed by atoms with Crippen LogP contribution >= 0.6 is 11.8 Å². The second-order valence-corrected chi connectivity index (χ2v) is 4.71. The predicted octanol–water partition coefficient (Wildman–Crippen LogP) is 1.42. The van der Waals surface area contributed by atoms with Crippen LogP contribution < -0.4 is 0 Å². The summed E-state index contributed by atoms with van der Waals surface area (Å²) in [5.74, 6) is 1.04. The number of hydrogen-bond donors (Lipinski definition) is 1. The summed E-state index contributed by atoms with van der Waals surface area (Å²) in [6.07, 6.45) is 3.86. The number of aliphatic hydroxyl groups is 1. The molecule has 1 fully saturated rings. The van der Waals surface area contributed by atoms with Crippen LogP contribution in [0.25, 0.3) is 0 Å². The van der Waals surface area contributed by atoms with E-state index in [4.69, 9.17) is 10.00 Å². The number of ether oxygens (including phenoxy) is 1. The van der Waals surface area contributed by atoms with E-state index in [1.54, 1.807) is 11.8 Å². The third-order valence-corrected chi connectivity index (χ3v) is 3.44. The summed E-state index contributed by atoms with van der Waals surface area (Å²) < 4.78 is 5.19. The third-order valence-electron chi connectivity index (χ3n) is 2.74. The third kappa shape index (κ3) is 2.63. The Morgan fingerprint density at radius 1 is 1.71 bits per heavy atom. The maximum atomic E-state index is 9.91. The molecule has 2 unspecified atom stereocenters. The van der Waals surface area contributed by atoms with Crippen molar-refractivity contribution in [2.24, 2.45) is 5.41 Å². The Morgan fingerprint density at radius 2 is 2.50 bits per heavy atom. The van der Waals surface area contributed by atoms with Crippen molar-refractivity contribution in [3.05, 3.63) is 0 Å². The molecule has 0 saturated carbocycles. The fourth-order valence-electron chi connectivity index (χ4n) is 1.70. The van der Waals surface area contributed by atoms with Crippen molar-refractivity contribution in [1.82, 2.24) is 0 Å². The highest BCUT2D eigenvalue weighted by atomic mass is 32.2. The van der Waals surface area contributed by atoms with Crippen LogP contribution in [-0.4, -0.2) is 36.4 Å². The first-order valence-corrected chi connectivity index (χ1v) is 6.30. The lowest BCUT2D eigenvalue weighted by atomic mass is 9.81. The molecule has 0 aromatic heterocycles. The molecule has 1 rings (SSSR count). The zero-order valence-corrected chi connectivity index (χ0v) is 9.35. The first-order valence-electron chi connectivity index (χ1n) is 4.91. The van der Waals surface area contributed by atoms with Crippen molar-refractivity contribution in [2.75, 3.05) is 25.2 Å². The lowest BCUT2D eigenvalue weighted by Crippen LogP contribution is -2.34. The van der Waals surface area contributed by atoms with Gasteiger partial charge >= 0.3 is 0 Å². The van der Waals surface area contributed by atoms with Gasteiger partial charge in [-0.05, 0) is 31.3 Å². The van der Waals surface area contributed by atoms with Gasteiger partial charge in [-0.25, -0.2) is 0 Å². The molecule has 1 saturated heterocycles. The van der Waals surface area contributed by atoms with Gasteiger partial charge < -0.3 is 9.84 Å². The average Bonchev–Trinajstić information content (AvgIpc) is 2.67. The minimum absolute atomic E-state index is 0.393. The minimum atomic E-state index is -0.627. The molecule has 4 heteroatoms. The van der Waals surface area contributed by atoms with E-state index in [1.807, 2.05) is 6.26 Å². The second-order valence-electron chi connectivity index (χ2n) is 3.72. The smallest absolute Gasteiger partial charge is 0.109 e. The van der Waals surface area contributed by atoms with Crippen LogP contribution in [0.1, 0.15) is 19.3 Å². The highest BCUT2D eigenvalue weighted by Crippen LogP contribution is 2.33. The van der Waals surface area contributed by atoms with Gasteiger partial charge in [0.25, 0.3) is 0 Å². The Balaban J connectivity index is 2.40. The molecule has 0 aromatic rings.